The van der Waals surface area contributed by atoms with Crippen molar-refractivity contribution in [2.45, 2.75) is 26.3 Å². The van der Waals surface area contributed by atoms with Gasteiger partial charge in [-0.1, -0.05) is 0 Å². The lowest BCUT2D eigenvalue weighted by Crippen LogP contribution is -2.25. The summed E-state index contributed by atoms with van der Waals surface area (Å²) in [5, 5.41) is 16.7. The minimum atomic E-state index is -0.572. The highest BCUT2D eigenvalue weighted by molar-refractivity contribution is 5.75. The minimum Gasteiger partial charge on any atom is -0.370 e. The Hall–Kier alpha value is -2.45. The second-order valence-electron chi connectivity index (χ2n) is 3.92. The van der Waals surface area contributed by atoms with Crippen molar-refractivity contribution in [3.63, 3.8) is 0 Å². The first kappa shape index (κ1) is 14.6. The molecule has 1 heterocycles. The molecule has 4 N–H and O–H groups in total. The highest BCUT2D eigenvalue weighted by atomic mass is 16.6. The van der Waals surface area contributed by atoms with Gasteiger partial charge in [0.15, 0.2) is 0 Å². The molecule has 0 saturated heterocycles. The lowest BCUT2D eigenvalue weighted by atomic mass is 10.2. The molecule has 0 radical (unpaired) electrons. The lowest BCUT2D eigenvalue weighted by molar-refractivity contribution is -0.383. The highest BCUT2D eigenvalue weighted by Crippen LogP contribution is 2.29. The van der Waals surface area contributed by atoms with Gasteiger partial charge < -0.3 is 16.4 Å². The topological polar surface area (TPSA) is 136 Å². The molecular weight excluding hydrogens is 252 g/mol. The van der Waals surface area contributed by atoms with Gasteiger partial charge in [-0.25, -0.2) is 9.97 Å². The molecule has 0 aliphatic carbocycles. The van der Waals surface area contributed by atoms with E-state index in [1.165, 1.54) is 6.33 Å². The number of carbonyl (C=O) groups excluding carboxylic acids is 1. The Labute approximate surface area is 109 Å². The number of nitrogens with zero attached hydrogens (tertiary/aromatic N) is 3. The third-order valence-corrected chi connectivity index (χ3v) is 2.24. The van der Waals surface area contributed by atoms with E-state index < -0.39 is 10.8 Å². The molecule has 0 aromatic carbocycles. The van der Waals surface area contributed by atoms with Crippen molar-refractivity contribution >= 4 is 23.2 Å². The van der Waals surface area contributed by atoms with Crippen LogP contribution in [0.15, 0.2) is 6.33 Å². The van der Waals surface area contributed by atoms with Crippen LogP contribution in [0.25, 0.3) is 0 Å². The Morgan fingerprint density at radius 2 is 2.16 bits per heavy atom. The van der Waals surface area contributed by atoms with Gasteiger partial charge in [0, 0.05) is 19.0 Å². The third-order valence-electron chi connectivity index (χ3n) is 2.24. The molecule has 0 saturated carbocycles. The molecule has 0 aliphatic heterocycles. The molecule has 1 aromatic rings. The van der Waals surface area contributed by atoms with Gasteiger partial charge in [-0.15, -0.1) is 0 Å². The van der Waals surface area contributed by atoms with E-state index in [2.05, 4.69) is 20.6 Å². The number of nitrogens with one attached hydrogen (secondary N) is 2. The second-order valence-corrected chi connectivity index (χ2v) is 3.92. The zero-order valence-corrected chi connectivity index (χ0v) is 10.7. The van der Waals surface area contributed by atoms with Crippen molar-refractivity contribution in [2.75, 3.05) is 17.2 Å². The van der Waals surface area contributed by atoms with Gasteiger partial charge in [0.1, 0.15) is 6.33 Å². The molecule has 0 spiro atoms. The summed E-state index contributed by atoms with van der Waals surface area (Å²) in [6, 6.07) is -0.361. The van der Waals surface area contributed by atoms with Crippen molar-refractivity contribution in [3.05, 3.63) is 16.4 Å². The van der Waals surface area contributed by atoms with Crippen LogP contribution in [0.1, 0.15) is 20.3 Å². The van der Waals surface area contributed by atoms with Crippen molar-refractivity contribution in [1.82, 2.24) is 9.97 Å². The molecular formula is C10H16N6O3. The zero-order valence-electron chi connectivity index (χ0n) is 10.7. The number of hydrogen-bond acceptors (Lipinski definition) is 7. The zero-order chi connectivity index (χ0) is 14.4. The molecule has 104 valence electrons. The van der Waals surface area contributed by atoms with Crippen LogP contribution < -0.4 is 16.4 Å². The monoisotopic (exact) mass is 268 g/mol. The normalized spacial score (nSPS) is 11.7. The Kier molecular flexibility index (Phi) is 4.98. The van der Waals surface area contributed by atoms with E-state index in [1.54, 1.807) is 13.8 Å². The maximum Gasteiger partial charge on any atom is 0.353 e. The Balaban J connectivity index is 3.02. The quantitative estimate of drug-likeness (QED) is 0.483. The van der Waals surface area contributed by atoms with Crippen LogP contribution in [0.4, 0.5) is 17.3 Å². The maximum absolute atomic E-state index is 11.1. The number of anilines is 2. The van der Waals surface area contributed by atoms with Crippen molar-refractivity contribution < 1.29 is 9.72 Å². The highest BCUT2D eigenvalue weighted by Gasteiger charge is 2.23. The van der Waals surface area contributed by atoms with Gasteiger partial charge >= 0.3 is 5.69 Å². The largest absolute Gasteiger partial charge is 0.370 e. The van der Waals surface area contributed by atoms with Gasteiger partial charge in [0.05, 0.1) is 4.92 Å². The van der Waals surface area contributed by atoms with E-state index in [1.807, 2.05) is 0 Å². The summed E-state index contributed by atoms with van der Waals surface area (Å²) in [7, 11) is 0. The molecule has 1 atom stereocenters. The van der Waals surface area contributed by atoms with Gasteiger partial charge in [0.25, 0.3) is 0 Å². The molecule has 9 nitrogen and oxygen atoms in total. The van der Waals surface area contributed by atoms with Crippen LogP contribution in [0.3, 0.4) is 0 Å². The standard InChI is InChI=1S/C10H16N6O3/c1-3-12-9-8(16(18)19)10(14-5-13-9)15-6(2)4-7(11)17/h5-6H,3-4H2,1-2H3,(H2,11,17)(H2,12,13,14,15). The molecule has 0 bridgehead atoms. The molecule has 1 unspecified atom stereocenters. The predicted molar refractivity (Wildman–Crippen MR) is 69.7 cm³/mol. The summed E-state index contributed by atoms with van der Waals surface area (Å²) in [6.07, 6.45) is 1.27. The van der Waals surface area contributed by atoms with E-state index >= 15 is 0 Å². The predicted octanol–water partition coefficient (Wildman–Crippen LogP) is 0.492. The number of hydrogen-bond donors (Lipinski definition) is 3. The summed E-state index contributed by atoms with van der Waals surface area (Å²) < 4.78 is 0. The van der Waals surface area contributed by atoms with Gasteiger partial charge in [0.2, 0.25) is 17.5 Å². The van der Waals surface area contributed by atoms with Crippen LogP contribution >= 0.6 is 0 Å². The smallest absolute Gasteiger partial charge is 0.353 e. The third kappa shape index (κ3) is 4.05. The Bertz CT molecular complexity index is 478. The van der Waals surface area contributed by atoms with Crippen molar-refractivity contribution in [2.24, 2.45) is 5.73 Å². The van der Waals surface area contributed by atoms with E-state index in [9.17, 15) is 14.9 Å². The van der Waals surface area contributed by atoms with Crippen LogP contribution in [-0.2, 0) is 4.79 Å². The summed E-state index contributed by atoms with van der Waals surface area (Å²) >= 11 is 0. The first-order chi connectivity index (χ1) is 8.95. The molecule has 1 amide bonds. The van der Waals surface area contributed by atoms with Crippen LogP contribution in [0, 0.1) is 10.1 Å². The lowest BCUT2D eigenvalue weighted by Gasteiger charge is -2.13. The number of nitrogens with two attached hydrogens (primary N) is 1. The average Bonchev–Trinajstić information content (AvgIpc) is 2.27. The Morgan fingerprint density at radius 3 is 2.68 bits per heavy atom. The molecule has 1 aromatic heterocycles. The van der Waals surface area contributed by atoms with Crippen molar-refractivity contribution in [1.29, 1.82) is 0 Å². The minimum absolute atomic E-state index is 0.0533. The molecule has 19 heavy (non-hydrogen) atoms. The average molecular weight is 268 g/mol. The van der Waals surface area contributed by atoms with E-state index in [-0.39, 0.29) is 29.8 Å². The van der Waals surface area contributed by atoms with Gasteiger partial charge in [-0.3, -0.25) is 14.9 Å². The molecule has 0 fully saturated rings. The van der Waals surface area contributed by atoms with E-state index in [0.717, 1.165) is 0 Å². The first-order valence-electron chi connectivity index (χ1n) is 5.73. The van der Waals surface area contributed by atoms with Crippen LogP contribution in [0.2, 0.25) is 0 Å². The molecule has 9 heteroatoms. The fraction of sp³-hybridized carbons (Fsp3) is 0.500. The SMILES string of the molecule is CCNc1ncnc(NC(C)CC(N)=O)c1[N+](=O)[O-]. The fourth-order valence-electron chi connectivity index (χ4n) is 1.54. The number of aromatic nitrogens is 2. The van der Waals surface area contributed by atoms with Crippen LogP contribution in [-0.4, -0.2) is 33.4 Å². The number of nitro groups is 1. The molecule has 1 rings (SSSR count). The first-order valence-corrected chi connectivity index (χ1v) is 5.73. The number of amides is 1. The second kappa shape index (κ2) is 6.47. The van der Waals surface area contributed by atoms with Crippen LogP contribution in [0.5, 0.6) is 0 Å². The number of carbonyl (C=O) groups is 1. The summed E-state index contributed by atoms with van der Waals surface area (Å²) in [5.74, 6) is -0.301. The maximum atomic E-state index is 11.1. The van der Waals surface area contributed by atoms with Crippen molar-refractivity contribution in [3.8, 4) is 0 Å². The van der Waals surface area contributed by atoms with Gasteiger partial charge in [-0.2, -0.15) is 0 Å². The molecule has 0 aliphatic rings. The van der Waals surface area contributed by atoms with Gasteiger partial charge in [-0.05, 0) is 13.8 Å². The number of rotatable bonds is 7. The fourth-order valence-corrected chi connectivity index (χ4v) is 1.54. The summed E-state index contributed by atoms with van der Waals surface area (Å²) in [6.45, 7) is 3.98. The Morgan fingerprint density at radius 1 is 1.53 bits per heavy atom. The van der Waals surface area contributed by atoms with E-state index in [4.69, 9.17) is 5.73 Å². The summed E-state index contributed by atoms with van der Waals surface area (Å²) in [4.78, 5) is 29.0. The summed E-state index contributed by atoms with van der Waals surface area (Å²) in [5.41, 5.74) is 4.82. The number of primary amides is 1. The van der Waals surface area contributed by atoms with E-state index in [0.29, 0.717) is 6.54 Å².